The molecule has 4 unspecified atom stereocenters. The lowest BCUT2D eigenvalue weighted by atomic mass is 9.91. The van der Waals surface area contributed by atoms with E-state index in [2.05, 4.69) is 42.3 Å². The lowest BCUT2D eigenvalue weighted by Crippen LogP contribution is -2.62. The van der Waals surface area contributed by atoms with Crippen molar-refractivity contribution in [1.82, 2.24) is 9.80 Å². The molecule has 4 heteroatoms. The summed E-state index contributed by atoms with van der Waals surface area (Å²) in [5, 5.41) is 0.738. The van der Waals surface area contributed by atoms with Crippen molar-refractivity contribution in [1.29, 1.82) is 0 Å². The molecule has 2 N–H and O–H groups in total. The Morgan fingerprint density at radius 3 is 2.63 bits per heavy atom. The van der Waals surface area contributed by atoms with Gasteiger partial charge in [-0.2, -0.15) is 11.8 Å². The van der Waals surface area contributed by atoms with Crippen LogP contribution < -0.4 is 5.73 Å². The van der Waals surface area contributed by atoms with E-state index in [0.29, 0.717) is 12.1 Å². The molecule has 110 valence electrons. The highest BCUT2D eigenvalue weighted by molar-refractivity contribution is 8.00. The molecule has 0 radical (unpaired) electrons. The fourth-order valence-corrected chi connectivity index (χ4v) is 5.30. The molecule has 3 nitrogen and oxygen atoms in total. The Hall–Kier alpha value is 0.230. The highest BCUT2D eigenvalue weighted by Crippen LogP contribution is 2.42. The summed E-state index contributed by atoms with van der Waals surface area (Å²) in [6.45, 7) is 10.4. The average molecular weight is 283 g/mol. The van der Waals surface area contributed by atoms with Crippen molar-refractivity contribution >= 4 is 11.8 Å². The largest absolute Gasteiger partial charge is 0.329 e. The zero-order valence-corrected chi connectivity index (χ0v) is 13.5. The third-order valence-corrected chi connectivity index (χ3v) is 6.95. The lowest BCUT2D eigenvalue weighted by Gasteiger charge is -2.48. The topological polar surface area (TPSA) is 32.5 Å². The Bertz CT molecular complexity index is 333. The van der Waals surface area contributed by atoms with E-state index in [0.717, 1.165) is 17.8 Å². The smallest absolute Gasteiger partial charge is 0.0476 e. The quantitative estimate of drug-likeness (QED) is 0.855. The average Bonchev–Trinajstić information content (AvgIpc) is 3.17. The molecule has 1 saturated carbocycles. The second-order valence-electron chi connectivity index (χ2n) is 6.90. The number of thioether (sulfide) groups is 1. The summed E-state index contributed by atoms with van der Waals surface area (Å²) in [5.74, 6) is 1.27. The number of rotatable bonds is 3. The second kappa shape index (κ2) is 5.21. The standard InChI is InChI=1S/C15H29N3S/c1-11-8-15(9-16,10-17(11)14-4-5-14)18-6-7-19-13(3)12(18)2/h11-14H,4-10,16H2,1-3H3. The van der Waals surface area contributed by atoms with E-state index >= 15 is 0 Å². The van der Waals surface area contributed by atoms with E-state index in [-0.39, 0.29) is 5.54 Å². The zero-order chi connectivity index (χ0) is 13.6. The maximum absolute atomic E-state index is 6.28. The van der Waals surface area contributed by atoms with Crippen LogP contribution in [0.4, 0.5) is 0 Å². The van der Waals surface area contributed by atoms with Gasteiger partial charge in [-0.15, -0.1) is 0 Å². The van der Waals surface area contributed by atoms with Gasteiger partial charge in [0.25, 0.3) is 0 Å². The van der Waals surface area contributed by atoms with Crippen molar-refractivity contribution in [2.75, 3.05) is 25.4 Å². The van der Waals surface area contributed by atoms with Crippen molar-refractivity contribution in [2.24, 2.45) is 5.73 Å². The summed E-state index contributed by atoms with van der Waals surface area (Å²) >= 11 is 2.12. The van der Waals surface area contributed by atoms with Gasteiger partial charge in [0.1, 0.15) is 0 Å². The van der Waals surface area contributed by atoms with Crippen LogP contribution in [0.3, 0.4) is 0 Å². The van der Waals surface area contributed by atoms with Crippen molar-refractivity contribution < 1.29 is 0 Å². The third kappa shape index (κ3) is 2.45. The Morgan fingerprint density at radius 1 is 1.26 bits per heavy atom. The predicted molar refractivity (Wildman–Crippen MR) is 83.7 cm³/mol. The van der Waals surface area contributed by atoms with Gasteiger partial charge in [0.05, 0.1) is 0 Å². The second-order valence-corrected chi connectivity index (χ2v) is 8.38. The highest BCUT2D eigenvalue weighted by Gasteiger charge is 2.51. The summed E-state index contributed by atoms with van der Waals surface area (Å²) in [6.07, 6.45) is 4.08. The third-order valence-electron chi connectivity index (χ3n) is 5.61. The van der Waals surface area contributed by atoms with Crippen LogP contribution in [0.2, 0.25) is 0 Å². The van der Waals surface area contributed by atoms with Gasteiger partial charge >= 0.3 is 0 Å². The van der Waals surface area contributed by atoms with Crippen LogP contribution in [-0.4, -0.2) is 64.1 Å². The van der Waals surface area contributed by atoms with Crippen LogP contribution in [0.5, 0.6) is 0 Å². The normalized spacial score (nSPS) is 45.8. The van der Waals surface area contributed by atoms with Gasteiger partial charge in [-0.05, 0) is 33.1 Å². The molecule has 0 aromatic rings. The molecule has 0 aromatic heterocycles. The van der Waals surface area contributed by atoms with E-state index in [1.807, 2.05) is 0 Å². The summed E-state index contributed by atoms with van der Waals surface area (Å²) in [7, 11) is 0. The van der Waals surface area contributed by atoms with Crippen molar-refractivity contribution in [3.05, 3.63) is 0 Å². The molecule has 2 saturated heterocycles. The predicted octanol–water partition coefficient (Wildman–Crippen LogP) is 1.77. The van der Waals surface area contributed by atoms with Gasteiger partial charge in [-0.3, -0.25) is 9.80 Å². The Balaban J connectivity index is 1.79. The van der Waals surface area contributed by atoms with E-state index in [4.69, 9.17) is 5.73 Å². The molecule has 1 aliphatic carbocycles. The molecule has 19 heavy (non-hydrogen) atoms. The fourth-order valence-electron chi connectivity index (χ4n) is 4.20. The molecule has 4 atom stereocenters. The van der Waals surface area contributed by atoms with E-state index < -0.39 is 0 Å². The molecule has 0 amide bonds. The number of likely N-dealkylation sites (tertiary alicyclic amines) is 1. The van der Waals surface area contributed by atoms with E-state index in [1.165, 1.54) is 38.1 Å². The Morgan fingerprint density at radius 2 is 2.00 bits per heavy atom. The van der Waals surface area contributed by atoms with Crippen LogP contribution in [0.1, 0.15) is 40.0 Å². The minimum atomic E-state index is 0.247. The first-order valence-electron chi connectivity index (χ1n) is 7.91. The van der Waals surface area contributed by atoms with E-state index in [1.54, 1.807) is 0 Å². The van der Waals surface area contributed by atoms with Crippen LogP contribution in [-0.2, 0) is 0 Å². The zero-order valence-electron chi connectivity index (χ0n) is 12.6. The fraction of sp³-hybridized carbons (Fsp3) is 1.00. The molecular weight excluding hydrogens is 254 g/mol. The van der Waals surface area contributed by atoms with Gasteiger partial charge < -0.3 is 5.73 Å². The number of nitrogens with two attached hydrogens (primary N) is 1. The molecule has 3 rings (SSSR count). The molecule has 3 aliphatic rings. The molecule has 0 spiro atoms. The molecular formula is C15H29N3S. The van der Waals surface area contributed by atoms with Gasteiger partial charge in [0, 0.05) is 54.3 Å². The van der Waals surface area contributed by atoms with Crippen LogP contribution in [0.15, 0.2) is 0 Å². The maximum atomic E-state index is 6.28. The molecule has 0 bridgehead atoms. The Labute approximate surface area is 122 Å². The van der Waals surface area contributed by atoms with Crippen LogP contribution in [0.25, 0.3) is 0 Å². The van der Waals surface area contributed by atoms with Crippen molar-refractivity contribution in [3.63, 3.8) is 0 Å². The first kappa shape index (κ1) is 14.2. The van der Waals surface area contributed by atoms with Gasteiger partial charge in [0.2, 0.25) is 0 Å². The minimum absolute atomic E-state index is 0.247. The highest BCUT2D eigenvalue weighted by atomic mass is 32.2. The molecule has 2 heterocycles. The lowest BCUT2D eigenvalue weighted by molar-refractivity contribution is 0.0620. The summed E-state index contributed by atoms with van der Waals surface area (Å²) in [6, 6.07) is 2.25. The minimum Gasteiger partial charge on any atom is -0.329 e. The summed E-state index contributed by atoms with van der Waals surface area (Å²) < 4.78 is 0. The molecule has 3 fully saturated rings. The van der Waals surface area contributed by atoms with Gasteiger partial charge in [0.15, 0.2) is 0 Å². The number of hydrogen-bond donors (Lipinski definition) is 1. The van der Waals surface area contributed by atoms with Crippen molar-refractivity contribution in [3.8, 4) is 0 Å². The van der Waals surface area contributed by atoms with Crippen LogP contribution >= 0.6 is 11.8 Å². The first-order valence-corrected chi connectivity index (χ1v) is 8.96. The van der Waals surface area contributed by atoms with Gasteiger partial charge in [-0.25, -0.2) is 0 Å². The van der Waals surface area contributed by atoms with E-state index in [9.17, 15) is 0 Å². The molecule has 0 aromatic carbocycles. The number of hydrogen-bond acceptors (Lipinski definition) is 4. The summed E-state index contributed by atoms with van der Waals surface area (Å²) in [5.41, 5.74) is 6.52. The van der Waals surface area contributed by atoms with Crippen LogP contribution in [0, 0.1) is 0 Å². The first-order chi connectivity index (χ1) is 9.07. The Kier molecular flexibility index (Phi) is 3.89. The maximum Gasteiger partial charge on any atom is 0.0476 e. The molecule has 2 aliphatic heterocycles. The summed E-state index contributed by atoms with van der Waals surface area (Å²) in [4.78, 5) is 5.50. The number of nitrogens with zero attached hydrogens (tertiary/aromatic N) is 2. The monoisotopic (exact) mass is 283 g/mol. The SMILES string of the molecule is CC1SCCN(C2(CN)CC(C)N(C3CC3)C2)C1C. The van der Waals surface area contributed by atoms with Crippen molar-refractivity contribution in [2.45, 2.75) is 68.9 Å². The van der Waals surface area contributed by atoms with Gasteiger partial charge in [-0.1, -0.05) is 6.92 Å².